The maximum Gasteiger partial charge on any atom is 0.327 e. The highest BCUT2D eigenvalue weighted by molar-refractivity contribution is 5.79. The smallest absolute Gasteiger partial charge is 0.327 e. The fourth-order valence-corrected chi connectivity index (χ4v) is 2.99. The highest BCUT2D eigenvalue weighted by atomic mass is 16.6. The number of carboxylic acid groups (broad SMARTS) is 1. The van der Waals surface area contributed by atoms with Gasteiger partial charge in [-0.2, -0.15) is 0 Å². The van der Waals surface area contributed by atoms with Crippen LogP contribution in [0, 0.1) is 20.2 Å². The SMILES string of the molecule is CCCCC(CCC)c1cc([N+](=O)[O-])c(CC=CC(=O)O)c([N+](=O)[O-])c1. The monoisotopic (exact) mass is 364 g/mol. The van der Waals surface area contributed by atoms with Crippen molar-refractivity contribution in [2.75, 3.05) is 0 Å². The maximum atomic E-state index is 11.5. The van der Waals surface area contributed by atoms with E-state index in [1.54, 1.807) is 0 Å². The van der Waals surface area contributed by atoms with E-state index in [1.807, 2.05) is 13.8 Å². The van der Waals surface area contributed by atoms with Crippen molar-refractivity contribution in [3.05, 3.63) is 55.6 Å². The van der Waals surface area contributed by atoms with Crippen LogP contribution in [0.5, 0.6) is 0 Å². The number of hydrogen-bond donors (Lipinski definition) is 1. The first kappa shape index (κ1) is 21.3. The Morgan fingerprint density at radius 3 is 2.12 bits per heavy atom. The van der Waals surface area contributed by atoms with Crippen molar-refractivity contribution in [1.29, 1.82) is 0 Å². The molecule has 1 aromatic carbocycles. The number of nitrogens with zero attached hydrogens (tertiary/aromatic N) is 2. The molecule has 1 atom stereocenters. The van der Waals surface area contributed by atoms with Gasteiger partial charge in [0.25, 0.3) is 11.4 Å². The summed E-state index contributed by atoms with van der Waals surface area (Å²) < 4.78 is 0. The zero-order valence-corrected chi connectivity index (χ0v) is 15.0. The number of allylic oxidation sites excluding steroid dienone is 1. The number of nitro groups is 2. The van der Waals surface area contributed by atoms with Crippen LogP contribution in [-0.4, -0.2) is 20.9 Å². The third-order valence-corrected chi connectivity index (χ3v) is 4.22. The number of rotatable bonds is 11. The molecule has 1 rings (SSSR count). The van der Waals surface area contributed by atoms with Crippen molar-refractivity contribution >= 4 is 17.3 Å². The molecular weight excluding hydrogens is 340 g/mol. The van der Waals surface area contributed by atoms with Gasteiger partial charge in [0.2, 0.25) is 0 Å². The van der Waals surface area contributed by atoms with Crippen LogP contribution >= 0.6 is 0 Å². The van der Waals surface area contributed by atoms with Crippen molar-refractivity contribution < 1.29 is 19.7 Å². The summed E-state index contributed by atoms with van der Waals surface area (Å²) in [7, 11) is 0. The van der Waals surface area contributed by atoms with E-state index in [1.165, 1.54) is 18.2 Å². The van der Waals surface area contributed by atoms with Crippen LogP contribution in [-0.2, 0) is 11.2 Å². The van der Waals surface area contributed by atoms with Gasteiger partial charge in [-0.15, -0.1) is 0 Å². The van der Waals surface area contributed by atoms with Crippen molar-refractivity contribution in [2.45, 2.75) is 58.3 Å². The maximum absolute atomic E-state index is 11.5. The second kappa shape index (κ2) is 10.3. The lowest BCUT2D eigenvalue weighted by molar-refractivity contribution is -0.395. The summed E-state index contributed by atoms with van der Waals surface area (Å²) >= 11 is 0. The van der Waals surface area contributed by atoms with Crippen LogP contribution in [0.15, 0.2) is 24.3 Å². The van der Waals surface area contributed by atoms with Crippen LogP contribution in [0.3, 0.4) is 0 Å². The van der Waals surface area contributed by atoms with Gasteiger partial charge in [0.05, 0.1) is 9.85 Å². The number of nitro benzene ring substituents is 2. The standard InChI is InChI=1S/C18H24N2O6/c1-3-5-8-13(7-4-2)14-11-16(19(23)24)15(9-6-10-18(21)22)17(12-14)20(25)26/h6,10-13H,3-5,7-9H2,1-2H3,(H,21,22). The van der Waals surface area contributed by atoms with Crippen LogP contribution < -0.4 is 0 Å². The first-order valence-corrected chi connectivity index (χ1v) is 8.66. The van der Waals surface area contributed by atoms with Gasteiger partial charge in [0, 0.05) is 24.6 Å². The molecule has 1 unspecified atom stereocenters. The highest BCUT2D eigenvalue weighted by Gasteiger charge is 2.27. The van der Waals surface area contributed by atoms with Gasteiger partial charge in [0.1, 0.15) is 5.56 Å². The number of carboxylic acids is 1. The molecule has 26 heavy (non-hydrogen) atoms. The van der Waals surface area contributed by atoms with Gasteiger partial charge in [0.15, 0.2) is 0 Å². The summed E-state index contributed by atoms with van der Waals surface area (Å²) in [4.78, 5) is 32.3. The van der Waals surface area contributed by atoms with E-state index in [-0.39, 0.29) is 29.3 Å². The molecule has 0 aliphatic rings. The molecule has 8 nitrogen and oxygen atoms in total. The lowest BCUT2D eigenvalue weighted by Crippen LogP contribution is -2.06. The molecule has 0 spiro atoms. The lowest BCUT2D eigenvalue weighted by atomic mass is 9.88. The van der Waals surface area contributed by atoms with Gasteiger partial charge in [-0.25, -0.2) is 4.79 Å². The van der Waals surface area contributed by atoms with Crippen LogP contribution in [0.2, 0.25) is 0 Å². The molecule has 1 aromatic rings. The Labute approximate surface area is 151 Å². The summed E-state index contributed by atoms with van der Waals surface area (Å²) in [6.45, 7) is 4.05. The molecule has 0 fully saturated rings. The Hall–Kier alpha value is -2.77. The number of carbonyl (C=O) groups is 1. The Balaban J connectivity index is 3.45. The van der Waals surface area contributed by atoms with Crippen LogP contribution in [0.25, 0.3) is 0 Å². The van der Waals surface area contributed by atoms with E-state index < -0.39 is 15.8 Å². The second-order valence-corrected chi connectivity index (χ2v) is 6.12. The first-order chi connectivity index (χ1) is 12.3. The zero-order valence-electron chi connectivity index (χ0n) is 15.0. The lowest BCUT2D eigenvalue weighted by Gasteiger charge is -2.17. The van der Waals surface area contributed by atoms with Crippen molar-refractivity contribution in [3.8, 4) is 0 Å². The largest absolute Gasteiger partial charge is 0.478 e. The van der Waals surface area contributed by atoms with E-state index in [0.717, 1.165) is 38.2 Å². The normalized spacial score (nSPS) is 12.2. The fourth-order valence-electron chi connectivity index (χ4n) is 2.99. The molecule has 0 bridgehead atoms. The minimum absolute atomic E-state index is 0.0287. The highest BCUT2D eigenvalue weighted by Crippen LogP contribution is 2.37. The van der Waals surface area contributed by atoms with Crippen LogP contribution in [0.1, 0.15) is 63.0 Å². The molecule has 8 heteroatoms. The summed E-state index contributed by atoms with van der Waals surface area (Å²) in [6, 6.07) is 2.82. The first-order valence-electron chi connectivity index (χ1n) is 8.66. The third-order valence-electron chi connectivity index (χ3n) is 4.22. The topological polar surface area (TPSA) is 124 Å². The molecule has 0 radical (unpaired) electrons. The summed E-state index contributed by atoms with van der Waals surface area (Å²) in [5.41, 5.74) is -0.139. The van der Waals surface area contributed by atoms with E-state index in [0.29, 0.717) is 5.56 Å². The minimum atomic E-state index is -1.21. The predicted octanol–water partition coefficient (Wildman–Crippen LogP) is 4.76. The number of aliphatic carboxylic acids is 1. The van der Waals surface area contributed by atoms with E-state index in [4.69, 9.17) is 5.11 Å². The Morgan fingerprint density at radius 1 is 1.12 bits per heavy atom. The quantitative estimate of drug-likeness (QED) is 0.343. The van der Waals surface area contributed by atoms with Gasteiger partial charge >= 0.3 is 5.97 Å². The molecule has 1 N–H and O–H groups in total. The number of benzene rings is 1. The second-order valence-electron chi connectivity index (χ2n) is 6.12. The minimum Gasteiger partial charge on any atom is -0.478 e. The predicted molar refractivity (Wildman–Crippen MR) is 97.4 cm³/mol. The van der Waals surface area contributed by atoms with Gasteiger partial charge in [-0.3, -0.25) is 20.2 Å². The molecule has 0 aliphatic heterocycles. The molecule has 0 amide bonds. The Morgan fingerprint density at radius 2 is 1.69 bits per heavy atom. The summed E-state index contributed by atoms with van der Waals surface area (Å²) in [6.07, 6.45) is 6.22. The fraction of sp³-hybridized carbons (Fsp3) is 0.500. The molecule has 0 saturated heterocycles. The Kier molecular flexibility index (Phi) is 8.41. The molecule has 0 aliphatic carbocycles. The van der Waals surface area contributed by atoms with Gasteiger partial charge in [-0.05, 0) is 24.3 Å². The van der Waals surface area contributed by atoms with E-state index in [2.05, 4.69) is 0 Å². The van der Waals surface area contributed by atoms with Gasteiger partial charge < -0.3 is 5.11 Å². The molecule has 0 saturated carbocycles. The average molecular weight is 364 g/mol. The molecular formula is C18H24N2O6. The summed E-state index contributed by atoms with van der Waals surface area (Å²) in [5.74, 6) is -1.18. The van der Waals surface area contributed by atoms with Crippen molar-refractivity contribution in [1.82, 2.24) is 0 Å². The van der Waals surface area contributed by atoms with Gasteiger partial charge in [-0.1, -0.05) is 39.2 Å². The molecule has 142 valence electrons. The third kappa shape index (κ3) is 5.94. The van der Waals surface area contributed by atoms with Crippen LogP contribution in [0.4, 0.5) is 11.4 Å². The van der Waals surface area contributed by atoms with E-state index >= 15 is 0 Å². The van der Waals surface area contributed by atoms with Crippen molar-refractivity contribution in [3.63, 3.8) is 0 Å². The summed E-state index contributed by atoms with van der Waals surface area (Å²) in [5, 5.41) is 31.6. The molecule has 0 heterocycles. The Bertz CT molecular complexity index is 664. The van der Waals surface area contributed by atoms with E-state index in [9.17, 15) is 25.0 Å². The average Bonchev–Trinajstić information content (AvgIpc) is 2.57. The number of unbranched alkanes of at least 4 members (excludes halogenated alkanes) is 1. The zero-order chi connectivity index (χ0) is 19.7. The molecule has 0 aromatic heterocycles. The number of hydrogen-bond acceptors (Lipinski definition) is 5. The van der Waals surface area contributed by atoms with Crippen molar-refractivity contribution in [2.24, 2.45) is 0 Å².